The van der Waals surface area contributed by atoms with E-state index >= 15 is 0 Å². The summed E-state index contributed by atoms with van der Waals surface area (Å²) in [5.41, 5.74) is 2.56. The second-order valence-electron chi connectivity index (χ2n) is 18.4. The summed E-state index contributed by atoms with van der Waals surface area (Å²) >= 11 is 3.54. The van der Waals surface area contributed by atoms with Crippen LogP contribution in [0, 0.1) is 46.8 Å². The number of rotatable bonds is 14. The number of hydrogen-bond acceptors (Lipinski definition) is 6. The summed E-state index contributed by atoms with van der Waals surface area (Å²) < 4.78 is 102. The predicted molar refractivity (Wildman–Crippen MR) is 259 cm³/mol. The molecule has 4 fully saturated rings. The Morgan fingerprint density at radius 2 is 0.986 bits per heavy atom. The van der Waals surface area contributed by atoms with E-state index in [-0.39, 0.29) is 124 Å². The van der Waals surface area contributed by atoms with E-state index < -0.39 is 34.3 Å². The van der Waals surface area contributed by atoms with Gasteiger partial charge in [0.2, 0.25) is 0 Å². The van der Waals surface area contributed by atoms with Crippen LogP contribution in [-0.4, -0.2) is 27.4 Å². The number of phenolic OH excluding ortho intramolecular Hbond substituents is 1. The summed E-state index contributed by atoms with van der Waals surface area (Å²) in [6, 6.07) is 16.2. The van der Waals surface area contributed by atoms with E-state index in [1.54, 1.807) is 50.1 Å². The van der Waals surface area contributed by atoms with Gasteiger partial charge in [-0.15, -0.1) is 0 Å². The molecule has 4 aliphatic carbocycles. The molecule has 390 valence electrons. The predicted octanol–water partition coefficient (Wildman–Crippen LogP) is 11.7. The molecule has 2 aromatic carbocycles. The van der Waals surface area contributed by atoms with Crippen molar-refractivity contribution in [3.63, 3.8) is 0 Å². The summed E-state index contributed by atoms with van der Waals surface area (Å²) in [4.78, 5) is 4.25. The molecular formula is C52H75Br2F8K2NO5. The molecule has 6 nitrogen and oxygen atoms in total. The SMILES string of the molecule is C.CC#N.CCCC1CCC(C2CCC(c3ccc(O)cc3)CC2)CC1.CCCC1CCC(C2CCC(c3ccc(OC(F)(F)C=C(F)F)cc3)CC2)CC1.FC(F)(Br)CC(F)(F)Br.O=CO[O-].[H-].[K+].[K+]. The molecule has 1 N–H and O–H groups in total. The molecule has 0 unspecified atom stereocenters. The normalized spacial score (nSPS) is 24.1. The monoisotopic (exact) mass is 1180 g/mol. The molecule has 0 aliphatic heterocycles. The number of carbonyl (C=O) groups is 1. The van der Waals surface area contributed by atoms with Crippen LogP contribution in [0.3, 0.4) is 0 Å². The zero-order valence-corrected chi connectivity index (χ0v) is 50.5. The fourth-order valence-corrected chi connectivity index (χ4v) is 11.7. The van der Waals surface area contributed by atoms with E-state index in [4.69, 9.17) is 15.3 Å². The van der Waals surface area contributed by atoms with E-state index in [0.29, 0.717) is 11.7 Å². The summed E-state index contributed by atoms with van der Waals surface area (Å²) in [6.07, 6.45) is 18.9. The van der Waals surface area contributed by atoms with Crippen molar-refractivity contribution < 1.29 is 164 Å². The molecule has 0 saturated heterocycles. The van der Waals surface area contributed by atoms with Gasteiger partial charge in [0.15, 0.2) is 0 Å². The Balaban J connectivity index is -0.000000973. The second-order valence-corrected chi connectivity index (χ2v) is 20.8. The molecule has 4 saturated carbocycles. The first-order valence-corrected chi connectivity index (χ1v) is 25.4. The van der Waals surface area contributed by atoms with Crippen LogP contribution >= 0.6 is 31.9 Å². The molecule has 18 heteroatoms. The van der Waals surface area contributed by atoms with Crippen molar-refractivity contribution in [1.82, 2.24) is 0 Å². The summed E-state index contributed by atoms with van der Waals surface area (Å²) in [6.45, 7) is 5.86. The van der Waals surface area contributed by atoms with Gasteiger partial charge in [0.1, 0.15) is 11.5 Å². The molecule has 0 amide bonds. The van der Waals surface area contributed by atoms with Crippen molar-refractivity contribution >= 4 is 38.3 Å². The van der Waals surface area contributed by atoms with Gasteiger partial charge in [-0.1, -0.05) is 96.9 Å². The first-order chi connectivity index (χ1) is 31.7. The molecule has 0 radical (unpaired) electrons. The van der Waals surface area contributed by atoms with Gasteiger partial charge in [0.25, 0.3) is 12.6 Å². The van der Waals surface area contributed by atoms with E-state index in [9.17, 15) is 40.2 Å². The van der Waals surface area contributed by atoms with Crippen LogP contribution in [-0.2, 0) is 9.68 Å². The minimum atomic E-state index is -4.01. The van der Waals surface area contributed by atoms with E-state index in [0.717, 1.165) is 59.8 Å². The van der Waals surface area contributed by atoms with Crippen molar-refractivity contribution in [2.75, 3.05) is 0 Å². The number of ether oxygens (including phenoxy) is 1. The Hall–Kier alpha value is 0.373. The molecule has 70 heavy (non-hydrogen) atoms. The van der Waals surface area contributed by atoms with Gasteiger partial charge in [0.05, 0.1) is 18.6 Å². The van der Waals surface area contributed by atoms with Crippen LogP contribution in [0.15, 0.2) is 60.7 Å². The molecule has 0 bridgehead atoms. The van der Waals surface area contributed by atoms with Crippen LogP contribution in [0.2, 0.25) is 0 Å². The minimum absolute atomic E-state index is 0. The van der Waals surface area contributed by atoms with E-state index in [2.05, 4.69) is 35.6 Å². The fraction of sp³-hybridized carbons (Fsp3) is 0.692. The number of phenols is 1. The van der Waals surface area contributed by atoms with Crippen LogP contribution in [0.4, 0.5) is 35.1 Å². The van der Waals surface area contributed by atoms with Gasteiger partial charge in [-0.25, -0.2) is 0 Å². The average molecular weight is 1180 g/mol. The molecule has 0 aromatic heterocycles. The minimum Gasteiger partial charge on any atom is -1.00 e. The quantitative estimate of drug-likeness (QED) is 0.0505. The topological polar surface area (TPSA) is 103 Å². The van der Waals surface area contributed by atoms with Crippen LogP contribution < -0.4 is 113 Å². The Labute approximate surface area is 516 Å². The maximum Gasteiger partial charge on any atom is 1.00 e. The van der Waals surface area contributed by atoms with Crippen LogP contribution in [0.25, 0.3) is 0 Å². The molecule has 6 rings (SSSR count). The number of benzene rings is 2. The molecule has 4 aliphatic rings. The summed E-state index contributed by atoms with van der Waals surface area (Å²) in [5.74, 6) is 7.17. The van der Waals surface area contributed by atoms with Gasteiger partial charge in [0, 0.05) is 6.92 Å². The molecular weight excluding hydrogens is 1110 g/mol. The summed E-state index contributed by atoms with van der Waals surface area (Å²) in [5, 5.41) is 25.2. The number of nitrogens with zero attached hydrogens (tertiary/aromatic N) is 1. The van der Waals surface area contributed by atoms with Crippen molar-refractivity contribution in [3.8, 4) is 17.6 Å². The molecule has 0 atom stereocenters. The Morgan fingerprint density at radius 1 is 0.686 bits per heavy atom. The zero-order chi connectivity index (χ0) is 50.0. The van der Waals surface area contributed by atoms with Gasteiger partial charge in [-0.05, 0) is 192 Å². The average Bonchev–Trinajstić information content (AvgIpc) is 3.27. The number of halogens is 10. The smallest absolute Gasteiger partial charge is 1.00 e. The third kappa shape index (κ3) is 31.4. The molecule has 0 spiro atoms. The first kappa shape index (κ1) is 72.4. The Kier molecular flexibility index (Phi) is 40.2. The Bertz CT molecular complexity index is 1700. The first-order valence-electron chi connectivity index (χ1n) is 23.8. The van der Waals surface area contributed by atoms with Crippen molar-refractivity contribution in [2.24, 2.45) is 35.5 Å². The number of alkyl halides is 8. The third-order valence-electron chi connectivity index (χ3n) is 13.7. The van der Waals surface area contributed by atoms with Crippen molar-refractivity contribution in [1.29, 1.82) is 5.26 Å². The number of carbonyl (C=O) groups excluding carboxylic acids is 1. The standard InChI is InChI=1S/C24H32F4O.C21H32O.C3H2Br2F4.C2H3N.CH2O3.CH4.2K.H/c1-2-3-17-4-6-18(7-5-17)19-8-10-20(11-9-19)21-12-14-22(15-13-21)29-24(27,28)16-23(25)26;1-2-3-16-4-6-17(7-5-16)18-8-10-19(11-9-18)20-12-14-21(22)15-13-20;4-2(6,7)1-3(5,8)9;1-2-3;2-1-4-3;;;;/h12-20H,2-11H2,1H3;12-19,22H,2-11H2,1H3;1H2;1H3;1,3H;1H4;;;/q;;;;;;2*+1;-1/p-1. The van der Waals surface area contributed by atoms with E-state index in [1.165, 1.54) is 140 Å². The van der Waals surface area contributed by atoms with E-state index in [1.807, 2.05) is 12.1 Å². The van der Waals surface area contributed by atoms with Crippen molar-refractivity contribution in [3.05, 3.63) is 71.8 Å². The zero-order valence-electron chi connectivity index (χ0n) is 42.0. The second kappa shape index (κ2) is 38.8. The largest absolute Gasteiger partial charge is 1.00 e. The van der Waals surface area contributed by atoms with Crippen LogP contribution in [0.5, 0.6) is 11.5 Å². The van der Waals surface area contributed by atoms with Gasteiger partial charge < -0.3 is 21.4 Å². The van der Waals surface area contributed by atoms with Gasteiger partial charge >= 0.3 is 119 Å². The number of hydrogen-bond donors (Lipinski definition) is 1. The maximum atomic E-state index is 13.3. The Morgan fingerprint density at radius 3 is 1.24 bits per heavy atom. The third-order valence-corrected chi connectivity index (χ3v) is 14.3. The van der Waals surface area contributed by atoms with Crippen LogP contribution in [0.1, 0.15) is 187 Å². The number of aromatic hydroxyl groups is 1. The fourth-order valence-electron chi connectivity index (χ4n) is 10.7. The van der Waals surface area contributed by atoms with Gasteiger partial charge in [-0.2, -0.15) is 40.4 Å². The maximum absolute atomic E-state index is 13.3. The molecule has 0 heterocycles. The molecule has 2 aromatic rings. The number of nitriles is 1. The van der Waals surface area contributed by atoms with Gasteiger partial charge in [-0.3, -0.25) is 4.79 Å². The summed E-state index contributed by atoms with van der Waals surface area (Å²) in [7, 11) is 0. The van der Waals surface area contributed by atoms with Crippen molar-refractivity contribution in [2.45, 2.75) is 191 Å².